The third-order valence-corrected chi connectivity index (χ3v) is 12.7. The summed E-state index contributed by atoms with van der Waals surface area (Å²) in [4.78, 5) is 57.0. The van der Waals surface area contributed by atoms with Gasteiger partial charge in [0.2, 0.25) is 5.91 Å². The molecule has 1 saturated carbocycles. The Kier molecular flexibility index (Phi) is 12.8. The summed E-state index contributed by atoms with van der Waals surface area (Å²) in [6, 6.07) is 9.92. The zero-order valence-electron chi connectivity index (χ0n) is 31.9. The molecule has 0 radical (unpaired) electrons. The molecule has 3 aromatic rings. The van der Waals surface area contributed by atoms with Crippen molar-refractivity contribution in [1.29, 1.82) is 0 Å². The van der Waals surface area contributed by atoms with Gasteiger partial charge in [-0.05, 0) is 130 Å². The number of rotatable bonds is 18. The fraction of sp³-hybridized carbons (Fsp3) is 0.535. The summed E-state index contributed by atoms with van der Waals surface area (Å²) in [5.74, 6) is 0.582. The Balaban J connectivity index is 0.835. The average Bonchev–Trinajstić information content (AvgIpc) is 4.01. The van der Waals surface area contributed by atoms with Gasteiger partial charge in [0.1, 0.15) is 18.1 Å². The lowest BCUT2D eigenvalue weighted by Gasteiger charge is -2.33. The number of thiophene rings is 1. The number of hydrogen-bond acceptors (Lipinski definition) is 8. The van der Waals surface area contributed by atoms with E-state index in [0.717, 1.165) is 122 Å². The van der Waals surface area contributed by atoms with Crippen LogP contribution in [0.15, 0.2) is 41.8 Å². The maximum absolute atomic E-state index is 14.9. The SMILES string of the molecule is CNC(=O)C(CCC=O)N1Cc2c(cc(F)cc2C2CCN(CCCCCCCOc3ccc(N4Cc5sccc5C4=O)cc3OC3CCCC3)CC2)C1=O. The number of benzene rings is 2. The first-order chi connectivity index (χ1) is 26.8. The lowest BCUT2D eigenvalue weighted by atomic mass is 9.85. The molecule has 3 amide bonds. The van der Waals surface area contributed by atoms with Crippen LogP contribution in [0.2, 0.25) is 0 Å². The molecule has 4 aliphatic rings. The van der Waals surface area contributed by atoms with Crippen LogP contribution in [0.5, 0.6) is 11.5 Å². The first-order valence-electron chi connectivity index (χ1n) is 20.2. The van der Waals surface area contributed by atoms with Gasteiger partial charge in [-0.1, -0.05) is 19.3 Å². The van der Waals surface area contributed by atoms with Gasteiger partial charge in [0.15, 0.2) is 11.5 Å². The van der Waals surface area contributed by atoms with E-state index < -0.39 is 11.9 Å². The van der Waals surface area contributed by atoms with Gasteiger partial charge in [-0.2, -0.15) is 0 Å². The average molecular weight is 773 g/mol. The second-order valence-electron chi connectivity index (χ2n) is 15.4. The number of aldehydes is 1. The lowest BCUT2D eigenvalue weighted by Crippen LogP contribution is -2.46. The molecule has 0 bridgehead atoms. The van der Waals surface area contributed by atoms with Crippen LogP contribution < -0.4 is 19.7 Å². The summed E-state index contributed by atoms with van der Waals surface area (Å²) in [5.41, 5.74) is 3.68. The molecule has 1 aromatic heterocycles. The number of carbonyl (C=O) groups excluding carboxylic acids is 4. The topological polar surface area (TPSA) is 108 Å². The fourth-order valence-corrected chi connectivity index (χ4v) is 9.62. The molecule has 2 aromatic carbocycles. The van der Waals surface area contributed by atoms with Crippen LogP contribution in [0.3, 0.4) is 0 Å². The number of nitrogens with one attached hydrogen (secondary N) is 1. The number of ether oxygens (including phenoxy) is 2. The predicted molar refractivity (Wildman–Crippen MR) is 211 cm³/mol. The Bertz CT molecular complexity index is 1850. The van der Waals surface area contributed by atoms with Gasteiger partial charge in [0.05, 0.1) is 24.8 Å². The van der Waals surface area contributed by atoms with E-state index in [-0.39, 0.29) is 49.1 Å². The number of amides is 3. The van der Waals surface area contributed by atoms with E-state index in [1.807, 2.05) is 34.5 Å². The van der Waals surface area contributed by atoms with E-state index in [9.17, 15) is 23.6 Å². The van der Waals surface area contributed by atoms with Crippen molar-refractivity contribution in [2.45, 2.75) is 115 Å². The third-order valence-electron chi connectivity index (χ3n) is 11.8. The van der Waals surface area contributed by atoms with Crippen molar-refractivity contribution in [3.05, 3.63) is 74.7 Å². The predicted octanol–water partition coefficient (Wildman–Crippen LogP) is 7.63. The third kappa shape index (κ3) is 8.91. The molecule has 1 saturated heterocycles. The summed E-state index contributed by atoms with van der Waals surface area (Å²) >= 11 is 1.62. The van der Waals surface area contributed by atoms with E-state index in [0.29, 0.717) is 18.7 Å². The molecule has 55 heavy (non-hydrogen) atoms. The summed E-state index contributed by atoms with van der Waals surface area (Å²) in [5, 5.41) is 4.59. The second kappa shape index (κ2) is 18.1. The van der Waals surface area contributed by atoms with Gasteiger partial charge >= 0.3 is 0 Å². The van der Waals surface area contributed by atoms with Gasteiger partial charge in [-0.15, -0.1) is 11.3 Å². The molecule has 1 N–H and O–H groups in total. The van der Waals surface area contributed by atoms with Crippen LogP contribution in [-0.2, 0) is 22.7 Å². The van der Waals surface area contributed by atoms with E-state index in [2.05, 4.69) is 10.2 Å². The van der Waals surface area contributed by atoms with Crippen LogP contribution in [0, 0.1) is 5.82 Å². The number of piperidine rings is 1. The van der Waals surface area contributed by atoms with Crippen LogP contribution in [-0.4, -0.2) is 79.2 Å². The van der Waals surface area contributed by atoms with Crippen molar-refractivity contribution in [2.75, 3.05) is 38.2 Å². The highest BCUT2D eigenvalue weighted by molar-refractivity contribution is 7.10. The summed E-state index contributed by atoms with van der Waals surface area (Å²) in [6.45, 7) is 4.35. The number of unbranched alkanes of at least 4 members (excludes halogenated alkanes) is 4. The van der Waals surface area contributed by atoms with E-state index in [1.165, 1.54) is 30.9 Å². The number of fused-ring (bicyclic) bond motifs is 2. The zero-order chi connectivity index (χ0) is 38.3. The van der Waals surface area contributed by atoms with Crippen LogP contribution >= 0.6 is 11.3 Å². The highest BCUT2D eigenvalue weighted by atomic mass is 32.1. The molecule has 1 unspecified atom stereocenters. The van der Waals surface area contributed by atoms with E-state index in [1.54, 1.807) is 17.4 Å². The molecule has 3 aliphatic heterocycles. The van der Waals surface area contributed by atoms with Crippen molar-refractivity contribution in [3.8, 4) is 11.5 Å². The number of carbonyl (C=O) groups is 4. The molecule has 0 spiro atoms. The van der Waals surface area contributed by atoms with Gasteiger partial charge < -0.3 is 34.3 Å². The lowest BCUT2D eigenvalue weighted by molar-refractivity contribution is -0.125. The van der Waals surface area contributed by atoms with Crippen LogP contribution in [0.4, 0.5) is 10.1 Å². The summed E-state index contributed by atoms with van der Waals surface area (Å²) < 4.78 is 27.6. The smallest absolute Gasteiger partial charge is 0.259 e. The second-order valence-corrected chi connectivity index (χ2v) is 16.4. The zero-order valence-corrected chi connectivity index (χ0v) is 32.7. The summed E-state index contributed by atoms with van der Waals surface area (Å²) in [6.07, 6.45) is 13.0. The van der Waals surface area contributed by atoms with Crippen molar-refractivity contribution in [2.24, 2.45) is 0 Å². The number of nitrogens with zero attached hydrogens (tertiary/aromatic N) is 3. The Hall–Kier alpha value is -4.29. The molecule has 2 fully saturated rings. The quantitative estimate of drug-likeness (QED) is 0.105. The van der Waals surface area contributed by atoms with Crippen molar-refractivity contribution >= 4 is 41.0 Å². The number of halogens is 1. The molecule has 1 atom stereocenters. The fourth-order valence-electron chi connectivity index (χ4n) is 8.76. The number of anilines is 1. The van der Waals surface area contributed by atoms with Gasteiger partial charge in [-0.25, -0.2) is 4.39 Å². The van der Waals surface area contributed by atoms with E-state index in [4.69, 9.17) is 9.47 Å². The van der Waals surface area contributed by atoms with Gasteiger partial charge in [-0.3, -0.25) is 14.4 Å². The Morgan fingerprint density at radius 3 is 2.49 bits per heavy atom. The standard InChI is InChI=1S/C43H53FN4O6S/c1-45-41(50)37(12-9-21-49)48-27-36-34(24-30(44)25-35(36)43(48)52)29-15-19-46(20-16-29)18-7-3-2-4-8-22-53-38-14-13-31(26-39(38)54-32-10-5-6-11-32)47-28-40-33(42(47)51)17-23-55-40/h13-14,17,21,23-26,29,32,37H,2-12,15-16,18-20,22,27-28H2,1H3,(H,45,50). The molecule has 12 heteroatoms. The minimum absolute atomic E-state index is 0.0437. The van der Waals surface area contributed by atoms with Crippen molar-refractivity contribution in [3.63, 3.8) is 0 Å². The Morgan fingerprint density at radius 2 is 1.73 bits per heavy atom. The molecule has 7 rings (SSSR count). The van der Waals surface area contributed by atoms with E-state index >= 15 is 0 Å². The monoisotopic (exact) mass is 772 g/mol. The Labute approximate surface area is 327 Å². The molecule has 4 heterocycles. The Morgan fingerprint density at radius 1 is 0.945 bits per heavy atom. The molecule has 1 aliphatic carbocycles. The first-order valence-corrected chi connectivity index (χ1v) is 21.0. The molecular weight excluding hydrogens is 720 g/mol. The largest absolute Gasteiger partial charge is 0.490 e. The molecular formula is C43H53FN4O6S. The van der Waals surface area contributed by atoms with Crippen molar-refractivity contribution in [1.82, 2.24) is 15.1 Å². The summed E-state index contributed by atoms with van der Waals surface area (Å²) in [7, 11) is 1.52. The highest BCUT2D eigenvalue weighted by Gasteiger charge is 2.39. The normalized spacial score (nSPS) is 18.1. The van der Waals surface area contributed by atoms with Crippen LogP contribution in [0.25, 0.3) is 0 Å². The number of hydrogen-bond donors (Lipinski definition) is 1. The maximum Gasteiger partial charge on any atom is 0.259 e. The van der Waals surface area contributed by atoms with Gasteiger partial charge in [0.25, 0.3) is 11.8 Å². The number of likely N-dealkylation sites (N-methyl/N-ethyl adjacent to an activating group) is 1. The minimum Gasteiger partial charge on any atom is -0.490 e. The highest BCUT2D eigenvalue weighted by Crippen LogP contribution is 2.40. The molecule has 10 nitrogen and oxygen atoms in total. The molecule has 294 valence electrons. The van der Waals surface area contributed by atoms with Crippen LogP contribution in [0.1, 0.15) is 126 Å². The first kappa shape index (κ1) is 39.0. The maximum atomic E-state index is 14.9. The number of likely N-dealkylation sites (tertiary alicyclic amines) is 1. The van der Waals surface area contributed by atoms with Crippen molar-refractivity contribution < 1.29 is 33.0 Å². The van der Waals surface area contributed by atoms with Gasteiger partial charge in [0, 0.05) is 42.2 Å². The minimum atomic E-state index is -0.767.